The zero-order valence-corrected chi connectivity index (χ0v) is 16.3. The molecule has 2 atom stereocenters. The van der Waals surface area contributed by atoms with E-state index in [-0.39, 0.29) is 6.10 Å². The first-order chi connectivity index (χ1) is 12.8. The highest BCUT2D eigenvalue weighted by Crippen LogP contribution is 2.36. The van der Waals surface area contributed by atoms with E-state index in [0.29, 0.717) is 5.92 Å². The first-order valence-corrected chi connectivity index (χ1v) is 12.0. The normalized spacial score (nSPS) is 20.8. The number of furan rings is 1. The molecule has 0 N–H and O–H groups in total. The van der Waals surface area contributed by atoms with Crippen molar-refractivity contribution in [3.05, 3.63) is 84.8 Å². The second-order valence-electron chi connectivity index (χ2n) is 7.33. The van der Waals surface area contributed by atoms with Crippen molar-refractivity contribution >= 4 is 18.7 Å². The molecule has 1 aliphatic rings. The molecule has 134 valence electrons. The van der Waals surface area contributed by atoms with Gasteiger partial charge in [0.05, 0.1) is 12.4 Å². The van der Waals surface area contributed by atoms with Crippen LogP contribution >= 0.6 is 0 Å². The highest BCUT2D eigenvalue weighted by Gasteiger charge is 2.40. The fourth-order valence-electron chi connectivity index (χ4n) is 4.18. The summed E-state index contributed by atoms with van der Waals surface area (Å²) in [7, 11) is -2.28. The molecule has 1 aliphatic carbocycles. The summed E-state index contributed by atoms with van der Waals surface area (Å²) < 4.78 is 12.8. The van der Waals surface area contributed by atoms with E-state index in [1.807, 2.05) is 6.07 Å². The lowest BCUT2D eigenvalue weighted by Crippen LogP contribution is -2.60. The van der Waals surface area contributed by atoms with E-state index in [2.05, 4.69) is 73.3 Å². The minimum Gasteiger partial charge on any atom is -0.469 e. The van der Waals surface area contributed by atoms with E-state index < -0.39 is 8.32 Å². The minimum atomic E-state index is -2.28. The molecule has 1 heterocycles. The van der Waals surface area contributed by atoms with Gasteiger partial charge in [-0.15, -0.1) is 0 Å². The molecule has 2 nitrogen and oxygen atoms in total. The Morgan fingerprint density at radius 3 is 2.00 bits per heavy atom. The first-order valence-electron chi connectivity index (χ1n) is 9.59. The van der Waals surface area contributed by atoms with Crippen LogP contribution in [0.3, 0.4) is 0 Å². The van der Waals surface area contributed by atoms with Crippen molar-refractivity contribution in [2.45, 2.75) is 44.3 Å². The Bertz CT molecular complexity index is 759. The van der Waals surface area contributed by atoms with E-state index >= 15 is 0 Å². The van der Waals surface area contributed by atoms with E-state index in [0.717, 1.165) is 18.6 Å². The second kappa shape index (κ2) is 7.64. The van der Waals surface area contributed by atoms with Crippen molar-refractivity contribution in [2.75, 3.05) is 0 Å². The molecule has 2 aromatic carbocycles. The fraction of sp³-hybridized carbons (Fsp3) is 0.304. The summed E-state index contributed by atoms with van der Waals surface area (Å²) >= 11 is 0. The van der Waals surface area contributed by atoms with Crippen molar-refractivity contribution in [1.29, 1.82) is 0 Å². The monoisotopic (exact) mass is 362 g/mol. The van der Waals surface area contributed by atoms with Gasteiger partial charge < -0.3 is 8.84 Å². The van der Waals surface area contributed by atoms with Gasteiger partial charge in [0.2, 0.25) is 0 Å². The van der Waals surface area contributed by atoms with E-state index in [1.54, 1.807) is 6.26 Å². The number of hydrogen-bond acceptors (Lipinski definition) is 2. The molecule has 0 spiro atoms. The summed E-state index contributed by atoms with van der Waals surface area (Å²) in [6, 6.07) is 25.7. The lowest BCUT2D eigenvalue weighted by atomic mass is 9.85. The molecule has 0 saturated heterocycles. The van der Waals surface area contributed by atoms with Crippen molar-refractivity contribution in [3.8, 4) is 0 Å². The van der Waals surface area contributed by atoms with Gasteiger partial charge in [0.25, 0.3) is 8.32 Å². The topological polar surface area (TPSA) is 22.4 Å². The molecule has 1 saturated carbocycles. The fourth-order valence-corrected chi connectivity index (χ4v) is 7.33. The van der Waals surface area contributed by atoms with Crippen LogP contribution < -0.4 is 10.4 Å². The molecule has 4 rings (SSSR count). The molecular weight excluding hydrogens is 336 g/mol. The average Bonchev–Trinajstić information content (AvgIpc) is 3.24. The third-order valence-electron chi connectivity index (χ3n) is 5.65. The highest BCUT2D eigenvalue weighted by molar-refractivity contribution is 6.96. The summed E-state index contributed by atoms with van der Waals surface area (Å²) in [6.45, 7) is 2.34. The largest absolute Gasteiger partial charge is 0.469 e. The third-order valence-corrected chi connectivity index (χ3v) is 9.29. The average molecular weight is 363 g/mol. The molecule has 0 amide bonds. The Balaban J connectivity index is 1.70. The molecule has 0 radical (unpaired) electrons. The zero-order valence-electron chi connectivity index (χ0n) is 15.3. The molecule has 1 fully saturated rings. The lowest BCUT2D eigenvalue weighted by molar-refractivity contribution is 0.117. The van der Waals surface area contributed by atoms with Crippen LogP contribution in [0.1, 0.15) is 37.4 Å². The lowest BCUT2D eigenvalue weighted by Gasteiger charge is -2.38. The minimum absolute atomic E-state index is 0.215. The summed E-state index contributed by atoms with van der Waals surface area (Å²) in [5, 5.41) is 2.66. The standard InChI is InChI=1S/C23H26O2Si/c1-26(19-11-4-2-5-12-19,20-13-6-3-7-14-20)25-23-16-9-8-15-21(23)22-17-10-18-24-22/h2-7,10-14,17-18,21,23H,8-9,15-16H2,1H3/t21-,23+/m0/s1. The molecule has 3 aromatic rings. The quantitative estimate of drug-likeness (QED) is 0.613. The maximum atomic E-state index is 7.07. The van der Waals surface area contributed by atoms with Gasteiger partial charge in [-0.2, -0.15) is 0 Å². The van der Waals surface area contributed by atoms with Crippen LogP contribution in [0.25, 0.3) is 0 Å². The summed E-state index contributed by atoms with van der Waals surface area (Å²) in [5.74, 6) is 1.44. The van der Waals surface area contributed by atoms with Gasteiger partial charge in [-0.05, 0) is 41.9 Å². The predicted octanol–water partition coefficient (Wildman–Crippen LogP) is 4.71. The molecule has 0 unspecified atom stereocenters. The highest BCUT2D eigenvalue weighted by atomic mass is 28.4. The van der Waals surface area contributed by atoms with Gasteiger partial charge in [0.1, 0.15) is 5.76 Å². The third kappa shape index (κ3) is 3.42. The van der Waals surface area contributed by atoms with Crippen LogP contribution in [0.15, 0.2) is 83.5 Å². The molecule has 3 heteroatoms. The van der Waals surface area contributed by atoms with Gasteiger partial charge in [0, 0.05) is 5.92 Å². The van der Waals surface area contributed by atoms with Crippen molar-refractivity contribution < 1.29 is 8.84 Å². The Morgan fingerprint density at radius 1 is 0.808 bits per heavy atom. The van der Waals surface area contributed by atoms with E-state index in [9.17, 15) is 0 Å². The van der Waals surface area contributed by atoms with Gasteiger partial charge >= 0.3 is 0 Å². The first kappa shape index (κ1) is 17.3. The van der Waals surface area contributed by atoms with Crippen LogP contribution in [0, 0.1) is 0 Å². The number of rotatable bonds is 5. The van der Waals surface area contributed by atoms with Crippen molar-refractivity contribution in [3.63, 3.8) is 0 Å². The van der Waals surface area contributed by atoms with Crippen molar-refractivity contribution in [2.24, 2.45) is 0 Å². The van der Waals surface area contributed by atoms with E-state index in [1.165, 1.54) is 23.2 Å². The zero-order chi connectivity index (χ0) is 17.8. The Morgan fingerprint density at radius 2 is 1.42 bits per heavy atom. The molecule has 0 bridgehead atoms. The van der Waals surface area contributed by atoms with Crippen molar-refractivity contribution in [1.82, 2.24) is 0 Å². The second-order valence-corrected chi connectivity index (χ2v) is 10.8. The Hall–Kier alpha value is -2.10. The smallest absolute Gasteiger partial charge is 0.253 e. The maximum Gasteiger partial charge on any atom is 0.253 e. The SMILES string of the molecule is C[Si](O[C@@H]1CCCC[C@H]1c1ccco1)(c1ccccc1)c1ccccc1. The predicted molar refractivity (Wildman–Crippen MR) is 109 cm³/mol. The summed E-state index contributed by atoms with van der Waals surface area (Å²) in [5.41, 5.74) is 0. The Kier molecular flexibility index (Phi) is 5.09. The van der Waals surface area contributed by atoms with Gasteiger partial charge in [0.15, 0.2) is 0 Å². The molecule has 0 aliphatic heterocycles. The van der Waals surface area contributed by atoms with E-state index in [4.69, 9.17) is 8.84 Å². The number of benzene rings is 2. The van der Waals surface area contributed by atoms with Crippen LogP contribution in [-0.2, 0) is 4.43 Å². The van der Waals surface area contributed by atoms with Crippen LogP contribution in [-0.4, -0.2) is 14.4 Å². The summed E-state index contributed by atoms with van der Waals surface area (Å²) in [4.78, 5) is 0. The van der Waals surface area contributed by atoms with Gasteiger partial charge in [-0.25, -0.2) is 0 Å². The number of hydrogen-bond donors (Lipinski definition) is 0. The maximum absolute atomic E-state index is 7.07. The van der Waals surface area contributed by atoms with Crippen LogP contribution in [0.2, 0.25) is 6.55 Å². The molecular formula is C23H26O2Si. The molecule has 26 heavy (non-hydrogen) atoms. The van der Waals surface area contributed by atoms with Gasteiger partial charge in [-0.3, -0.25) is 0 Å². The summed E-state index contributed by atoms with van der Waals surface area (Å²) in [6.07, 6.45) is 6.73. The van der Waals surface area contributed by atoms with Gasteiger partial charge in [-0.1, -0.05) is 73.5 Å². The van der Waals surface area contributed by atoms with Crippen LogP contribution in [0.4, 0.5) is 0 Å². The Labute approximate surface area is 157 Å². The molecule has 1 aromatic heterocycles. The van der Waals surface area contributed by atoms with Crippen LogP contribution in [0.5, 0.6) is 0 Å².